The first kappa shape index (κ1) is 14.6. The highest BCUT2D eigenvalue weighted by Crippen LogP contribution is 2.06. The second-order valence-electron chi connectivity index (χ2n) is 4.51. The summed E-state index contributed by atoms with van der Waals surface area (Å²) >= 11 is 0. The summed E-state index contributed by atoms with van der Waals surface area (Å²) in [6, 6.07) is 1.78. The van der Waals surface area contributed by atoms with Crippen LogP contribution in [0.1, 0.15) is 18.5 Å². The zero-order chi connectivity index (χ0) is 15.2. The average molecular weight is 289 g/mol. The van der Waals surface area contributed by atoms with Crippen molar-refractivity contribution in [2.24, 2.45) is 0 Å². The second kappa shape index (κ2) is 6.60. The molecule has 110 valence electrons. The molecule has 2 rings (SSSR count). The highest BCUT2D eigenvalue weighted by Gasteiger charge is 2.24. The molecule has 1 amide bonds. The summed E-state index contributed by atoms with van der Waals surface area (Å²) in [5, 5.41) is 15.6. The molecule has 0 aliphatic carbocycles. The maximum absolute atomic E-state index is 12.1. The monoisotopic (exact) mass is 289 g/mol. The molecule has 0 saturated heterocycles. The van der Waals surface area contributed by atoms with E-state index in [-0.39, 0.29) is 6.42 Å². The molecule has 0 aliphatic heterocycles. The predicted molar refractivity (Wildman–Crippen MR) is 72.2 cm³/mol. The number of rotatable bonds is 6. The van der Waals surface area contributed by atoms with Crippen molar-refractivity contribution in [3.8, 4) is 0 Å². The lowest BCUT2D eigenvalue weighted by Crippen LogP contribution is -2.45. The molecule has 8 nitrogen and oxygen atoms in total. The molecule has 2 unspecified atom stereocenters. The number of carboxylic acid groups (broad SMARTS) is 1. The minimum Gasteiger partial charge on any atom is -0.480 e. The largest absolute Gasteiger partial charge is 0.480 e. The Hall–Kier alpha value is -2.77. The van der Waals surface area contributed by atoms with Crippen LogP contribution in [-0.4, -0.2) is 42.8 Å². The Morgan fingerprint density at radius 2 is 2.05 bits per heavy atom. The molecule has 2 N–H and O–H groups in total. The number of carbonyl (C=O) groups excluding carboxylic acids is 1. The van der Waals surface area contributed by atoms with Crippen molar-refractivity contribution < 1.29 is 14.7 Å². The topological polar surface area (TPSA) is 110 Å². The van der Waals surface area contributed by atoms with Crippen molar-refractivity contribution in [1.29, 1.82) is 0 Å². The van der Waals surface area contributed by atoms with Gasteiger partial charge in [-0.3, -0.25) is 9.78 Å². The lowest BCUT2D eigenvalue weighted by atomic mass is 10.1. The van der Waals surface area contributed by atoms with Gasteiger partial charge in [-0.2, -0.15) is 5.10 Å². The van der Waals surface area contributed by atoms with Gasteiger partial charge >= 0.3 is 5.97 Å². The Morgan fingerprint density at radius 3 is 2.62 bits per heavy atom. The van der Waals surface area contributed by atoms with E-state index in [9.17, 15) is 14.7 Å². The summed E-state index contributed by atoms with van der Waals surface area (Å²) in [6.45, 7) is 1.62. The van der Waals surface area contributed by atoms with Gasteiger partial charge in [-0.05, 0) is 24.6 Å². The van der Waals surface area contributed by atoms with Crippen molar-refractivity contribution in [2.75, 3.05) is 0 Å². The van der Waals surface area contributed by atoms with Crippen molar-refractivity contribution in [2.45, 2.75) is 25.4 Å². The molecule has 0 saturated carbocycles. The molecule has 0 fully saturated rings. The quantitative estimate of drug-likeness (QED) is 0.777. The van der Waals surface area contributed by atoms with Gasteiger partial charge in [-0.15, -0.1) is 0 Å². The van der Waals surface area contributed by atoms with Crippen LogP contribution in [0.5, 0.6) is 0 Å². The molecule has 2 atom stereocenters. The summed E-state index contributed by atoms with van der Waals surface area (Å²) in [5.74, 6) is -1.52. The summed E-state index contributed by atoms with van der Waals surface area (Å²) in [7, 11) is 0. The van der Waals surface area contributed by atoms with E-state index in [0.29, 0.717) is 0 Å². The summed E-state index contributed by atoms with van der Waals surface area (Å²) < 4.78 is 1.36. The number of carbonyl (C=O) groups is 2. The Balaban J connectivity index is 2.03. The molecule has 0 aliphatic rings. The highest BCUT2D eigenvalue weighted by atomic mass is 16.4. The molecule has 0 bridgehead atoms. The SMILES string of the molecule is CC(C(=O)NC(Cc1ccncc1)C(=O)O)n1cncn1. The third-order valence-corrected chi connectivity index (χ3v) is 3.02. The standard InChI is InChI=1S/C13H15N5O3/c1-9(18-8-15-7-16-18)12(19)17-11(13(20)21)6-10-2-4-14-5-3-10/h2-5,7-9,11H,6H2,1H3,(H,17,19)(H,20,21). The summed E-state index contributed by atoms with van der Waals surface area (Å²) in [4.78, 5) is 31.0. The molecular formula is C13H15N5O3. The van der Waals surface area contributed by atoms with Crippen LogP contribution in [-0.2, 0) is 16.0 Å². The second-order valence-corrected chi connectivity index (χ2v) is 4.51. The number of nitrogens with one attached hydrogen (secondary N) is 1. The van der Waals surface area contributed by atoms with E-state index in [1.807, 2.05) is 0 Å². The Kier molecular flexibility index (Phi) is 4.60. The van der Waals surface area contributed by atoms with Crippen molar-refractivity contribution in [1.82, 2.24) is 25.1 Å². The van der Waals surface area contributed by atoms with Crippen LogP contribution in [0.2, 0.25) is 0 Å². The normalized spacial score (nSPS) is 13.4. The number of hydrogen-bond donors (Lipinski definition) is 2. The predicted octanol–water partition coefficient (Wildman–Crippen LogP) is 0.0462. The zero-order valence-electron chi connectivity index (χ0n) is 11.4. The molecule has 0 aromatic carbocycles. The highest BCUT2D eigenvalue weighted by molar-refractivity contribution is 5.85. The molecule has 2 aromatic heterocycles. The fraction of sp³-hybridized carbons (Fsp3) is 0.308. The Morgan fingerprint density at radius 1 is 1.33 bits per heavy atom. The number of aromatic nitrogens is 4. The maximum atomic E-state index is 12.1. The number of amides is 1. The van der Waals surface area contributed by atoms with Crippen LogP contribution in [0.4, 0.5) is 0 Å². The molecule has 2 heterocycles. The van der Waals surface area contributed by atoms with Gasteiger partial charge in [0.25, 0.3) is 0 Å². The van der Waals surface area contributed by atoms with Gasteiger partial charge in [-0.25, -0.2) is 14.5 Å². The summed E-state index contributed by atoms with van der Waals surface area (Å²) in [6.07, 6.45) is 6.06. The zero-order valence-corrected chi connectivity index (χ0v) is 11.4. The van der Waals surface area contributed by atoms with Gasteiger partial charge in [0.1, 0.15) is 24.7 Å². The Labute approximate surface area is 120 Å². The van der Waals surface area contributed by atoms with Crippen LogP contribution in [0.25, 0.3) is 0 Å². The molecular weight excluding hydrogens is 274 g/mol. The molecule has 21 heavy (non-hydrogen) atoms. The lowest BCUT2D eigenvalue weighted by Gasteiger charge is -2.17. The van der Waals surface area contributed by atoms with Gasteiger partial charge in [0, 0.05) is 18.8 Å². The van der Waals surface area contributed by atoms with E-state index < -0.39 is 24.0 Å². The first-order valence-electron chi connectivity index (χ1n) is 6.34. The van der Waals surface area contributed by atoms with Crippen LogP contribution < -0.4 is 5.32 Å². The first-order chi connectivity index (χ1) is 10.1. The van der Waals surface area contributed by atoms with Gasteiger partial charge in [0.15, 0.2) is 0 Å². The number of nitrogens with zero attached hydrogens (tertiary/aromatic N) is 4. The fourth-order valence-corrected chi connectivity index (χ4v) is 1.78. The Bertz CT molecular complexity index is 600. The van der Waals surface area contributed by atoms with Crippen LogP contribution in [0.3, 0.4) is 0 Å². The molecule has 8 heteroatoms. The smallest absolute Gasteiger partial charge is 0.326 e. The van der Waals surface area contributed by atoms with E-state index >= 15 is 0 Å². The van der Waals surface area contributed by atoms with Gasteiger partial charge in [0.2, 0.25) is 5.91 Å². The van der Waals surface area contributed by atoms with E-state index in [1.165, 1.54) is 17.3 Å². The van der Waals surface area contributed by atoms with Crippen molar-refractivity contribution in [3.05, 3.63) is 42.7 Å². The van der Waals surface area contributed by atoms with E-state index in [0.717, 1.165) is 5.56 Å². The van der Waals surface area contributed by atoms with Gasteiger partial charge < -0.3 is 10.4 Å². The minimum absolute atomic E-state index is 0.188. The third kappa shape index (κ3) is 3.85. The number of pyridine rings is 1. The van der Waals surface area contributed by atoms with Crippen LogP contribution in [0, 0.1) is 0 Å². The van der Waals surface area contributed by atoms with Crippen molar-refractivity contribution in [3.63, 3.8) is 0 Å². The lowest BCUT2D eigenvalue weighted by molar-refractivity contribution is -0.142. The number of carboxylic acids is 1. The average Bonchev–Trinajstić information content (AvgIpc) is 3.00. The molecule has 0 radical (unpaired) electrons. The third-order valence-electron chi connectivity index (χ3n) is 3.02. The van der Waals surface area contributed by atoms with E-state index in [2.05, 4.69) is 20.4 Å². The maximum Gasteiger partial charge on any atom is 0.326 e. The van der Waals surface area contributed by atoms with E-state index in [1.54, 1.807) is 31.5 Å². The van der Waals surface area contributed by atoms with Gasteiger partial charge in [-0.1, -0.05) is 0 Å². The molecule has 0 spiro atoms. The van der Waals surface area contributed by atoms with Crippen LogP contribution >= 0.6 is 0 Å². The summed E-state index contributed by atoms with van der Waals surface area (Å²) in [5.41, 5.74) is 0.783. The molecule has 2 aromatic rings. The van der Waals surface area contributed by atoms with Gasteiger partial charge in [0.05, 0.1) is 0 Å². The fourth-order valence-electron chi connectivity index (χ4n) is 1.78. The number of aliphatic carboxylic acids is 1. The van der Waals surface area contributed by atoms with Crippen molar-refractivity contribution >= 4 is 11.9 Å². The first-order valence-corrected chi connectivity index (χ1v) is 6.34. The van der Waals surface area contributed by atoms with Crippen LogP contribution in [0.15, 0.2) is 37.2 Å². The minimum atomic E-state index is -1.09. The van der Waals surface area contributed by atoms with E-state index in [4.69, 9.17) is 0 Å². The number of hydrogen-bond acceptors (Lipinski definition) is 5.